The third-order valence-corrected chi connectivity index (χ3v) is 3.87. The largest absolute Gasteiger partial charge is 0.392 e. The van der Waals surface area contributed by atoms with Gasteiger partial charge in [0.05, 0.1) is 6.61 Å². The number of urea groups is 1. The fourth-order valence-electron chi connectivity index (χ4n) is 2.66. The first-order valence-electron chi connectivity index (χ1n) is 7.25. The predicted octanol–water partition coefficient (Wildman–Crippen LogP) is 2.68. The number of hydrogen-bond acceptors (Lipinski definition) is 2. The number of rotatable bonds is 3. The zero-order valence-corrected chi connectivity index (χ0v) is 12.4. The van der Waals surface area contributed by atoms with Gasteiger partial charge in [0, 0.05) is 19.6 Å². The van der Waals surface area contributed by atoms with Crippen LogP contribution in [0.25, 0.3) is 0 Å². The van der Waals surface area contributed by atoms with Gasteiger partial charge in [-0.2, -0.15) is 0 Å². The lowest BCUT2D eigenvalue weighted by molar-refractivity contribution is 0.198. The molecule has 0 fully saturated rings. The average molecular weight is 318 g/mol. The Morgan fingerprint density at radius 2 is 1.70 bits per heavy atom. The second kappa shape index (κ2) is 6.34. The van der Waals surface area contributed by atoms with Gasteiger partial charge in [-0.25, -0.2) is 13.6 Å². The lowest BCUT2D eigenvalue weighted by atomic mass is 10.1. The predicted molar refractivity (Wildman–Crippen MR) is 80.2 cm³/mol. The molecule has 1 aliphatic rings. The summed E-state index contributed by atoms with van der Waals surface area (Å²) in [7, 11) is 0. The van der Waals surface area contributed by atoms with Crippen LogP contribution in [0.3, 0.4) is 0 Å². The van der Waals surface area contributed by atoms with Gasteiger partial charge in [0.2, 0.25) is 0 Å². The molecule has 2 amide bonds. The Labute approximate surface area is 132 Å². The first-order valence-corrected chi connectivity index (χ1v) is 7.25. The first kappa shape index (κ1) is 15.4. The van der Waals surface area contributed by atoms with E-state index in [0.717, 1.165) is 23.3 Å². The van der Waals surface area contributed by atoms with Gasteiger partial charge in [-0.15, -0.1) is 0 Å². The lowest BCUT2D eigenvalue weighted by Crippen LogP contribution is -2.36. The van der Waals surface area contributed by atoms with E-state index in [4.69, 9.17) is 5.11 Å². The molecule has 0 radical (unpaired) electrons. The summed E-state index contributed by atoms with van der Waals surface area (Å²) < 4.78 is 26.5. The molecule has 0 spiro atoms. The van der Waals surface area contributed by atoms with Crippen LogP contribution in [0.15, 0.2) is 36.4 Å². The molecule has 4 nitrogen and oxygen atoms in total. The van der Waals surface area contributed by atoms with Crippen molar-refractivity contribution in [2.45, 2.75) is 26.2 Å². The smallest absolute Gasteiger partial charge is 0.318 e. The van der Waals surface area contributed by atoms with Crippen molar-refractivity contribution in [2.24, 2.45) is 0 Å². The second-order valence-corrected chi connectivity index (χ2v) is 5.53. The number of aliphatic hydroxyl groups is 1. The molecule has 1 aliphatic heterocycles. The maximum atomic E-state index is 13.2. The highest BCUT2D eigenvalue weighted by Gasteiger charge is 2.24. The molecular formula is C17H16F2N2O2. The fraction of sp³-hybridized carbons (Fsp3) is 0.235. The van der Waals surface area contributed by atoms with E-state index in [1.54, 1.807) is 6.07 Å². The van der Waals surface area contributed by atoms with Crippen LogP contribution in [0.2, 0.25) is 0 Å². The molecule has 120 valence electrons. The van der Waals surface area contributed by atoms with Crippen molar-refractivity contribution in [3.05, 3.63) is 70.3 Å². The molecule has 0 saturated heterocycles. The number of nitrogens with zero attached hydrogens (tertiary/aromatic N) is 1. The van der Waals surface area contributed by atoms with Gasteiger partial charge < -0.3 is 15.3 Å². The molecule has 2 N–H and O–H groups in total. The van der Waals surface area contributed by atoms with Crippen molar-refractivity contribution >= 4 is 6.03 Å². The molecule has 3 rings (SSSR count). The number of carbonyl (C=O) groups is 1. The van der Waals surface area contributed by atoms with Crippen LogP contribution < -0.4 is 5.32 Å². The Morgan fingerprint density at radius 1 is 1.09 bits per heavy atom. The summed E-state index contributed by atoms with van der Waals surface area (Å²) in [6.45, 7) is 0.784. The summed E-state index contributed by atoms with van der Waals surface area (Å²) in [5.74, 6) is -1.79. The quantitative estimate of drug-likeness (QED) is 0.914. The third-order valence-electron chi connectivity index (χ3n) is 3.87. The van der Waals surface area contributed by atoms with Gasteiger partial charge in [0.1, 0.15) is 0 Å². The van der Waals surface area contributed by atoms with Crippen molar-refractivity contribution in [3.8, 4) is 0 Å². The molecule has 0 bridgehead atoms. The summed E-state index contributed by atoms with van der Waals surface area (Å²) in [5, 5.41) is 11.9. The highest BCUT2D eigenvalue weighted by molar-refractivity contribution is 5.75. The molecule has 0 saturated carbocycles. The Morgan fingerprint density at radius 3 is 2.30 bits per heavy atom. The normalized spacial score (nSPS) is 13.1. The minimum absolute atomic E-state index is 0.0552. The van der Waals surface area contributed by atoms with Crippen molar-refractivity contribution in [2.75, 3.05) is 0 Å². The fourth-order valence-corrected chi connectivity index (χ4v) is 2.66. The van der Waals surface area contributed by atoms with E-state index < -0.39 is 11.6 Å². The number of fused-ring (bicyclic) bond motifs is 1. The van der Waals surface area contributed by atoms with E-state index in [0.29, 0.717) is 17.7 Å². The summed E-state index contributed by atoms with van der Waals surface area (Å²) in [6, 6.07) is 9.25. The van der Waals surface area contributed by atoms with Gasteiger partial charge >= 0.3 is 6.03 Å². The van der Waals surface area contributed by atoms with E-state index in [9.17, 15) is 13.6 Å². The molecule has 2 aromatic rings. The molecular weight excluding hydrogens is 302 g/mol. The molecule has 0 unspecified atom stereocenters. The lowest BCUT2D eigenvalue weighted by Gasteiger charge is -2.16. The van der Waals surface area contributed by atoms with Crippen LogP contribution in [0.4, 0.5) is 13.6 Å². The average Bonchev–Trinajstić information content (AvgIpc) is 2.96. The van der Waals surface area contributed by atoms with Crippen molar-refractivity contribution in [1.29, 1.82) is 0 Å². The van der Waals surface area contributed by atoms with Crippen molar-refractivity contribution < 1.29 is 18.7 Å². The molecule has 6 heteroatoms. The Bertz CT molecular complexity index is 718. The van der Waals surface area contributed by atoms with Crippen LogP contribution >= 0.6 is 0 Å². The topological polar surface area (TPSA) is 52.6 Å². The minimum Gasteiger partial charge on any atom is -0.392 e. The van der Waals surface area contributed by atoms with E-state index in [1.165, 1.54) is 4.90 Å². The summed E-state index contributed by atoms with van der Waals surface area (Å²) in [5.41, 5.74) is 2.90. The van der Waals surface area contributed by atoms with Gasteiger partial charge in [-0.1, -0.05) is 24.3 Å². The van der Waals surface area contributed by atoms with Crippen LogP contribution in [-0.4, -0.2) is 16.0 Å². The van der Waals surface area contributed by atoms with Crippen LogP contribution in [0.5, 0.6) is 0 Å². The Hall–Kier alpha value is -2.47. The first-order chi connectivity index (χ1) is 11.1. The van der Waals surface area contributed by atoms with E-state index in [1.807, 2.05) is 18.2 Å². The number of hydrogen-bond donors (Lipinski definition) is 2. The Kier molecular flexibility index (Phi) is 4.25. The molecule has 1 heterocycles. The number of benzene rings is 2. The third kappa shape index (κ3) is 3.32. The number of aliphatic hydroxyl groups excluding tert-OH is 1. The molecule has 0 aromatic heterocycles. The second-order valence-electron chi connectivity index (χ2n) is 5.53. The van der Waals surface area contributed by atoms with Gasteiger partial charge in [0.25, 0.3) is 0 Å². The summed E-state index contributed by atoms with van der Waals surface area (Å²) in [4.78, 5) is 13.7. The van der Waals surface area contributed by atoms with Gasteiger partial charge in [-0.3, -0.25) is 0 Å². The SMILES string of the molecule is O=C(NCc1cccc(CO)c1)N1Cc2cc(F)c(F)cc2C1. The van der Waals surface area contributed by atoms with Crippen LogP contribution in [0, 0.1) is 11.6 Å². The van der Waals surface area contributed by atoms with Crippen LogP contribution in [-0.2, 0) is 26.2 Å². The standard InChI is InChI=1S/C17H16F2N2O2/c18-15-5-13-8-21(9-14(13)6-16(15)19)17(23)20-7-11-2-1-3-12(4-11)10-22/h1-6,22H,7-10H2,(H,20,23). The molecule has 23 heavy (non-hydrogen) atoms. The van der Waals surface area contributed by atoms with E-state index in [-0.39, 0.29) is 25.7 Å². The zero-order chi connectivity index (χ0) is 16.4. The summed E-state index contributed by atoms with van der Waals surface area (Å²) >= 11 is 0. The highest BCUT2D eigenvalue weighted by atomic mass is 19.2. The molecule has 2 aromatic carbocycles. The maximum absolute atomic E-state index is 13.2. The van der Waals surface area contributed by atoms with Crippen molar-refractivity contribution in [3.63, 3.8) is 0 Å². The van der Waals surface area contributed by atoms with Gasteiger partial charge in [-0.05, 0) is 34.4 Å². The van der Waals surface area contributed by atoms with E-state index in [2.05, 4.69) is 5.32 Å². The molecule has 0 aliphatic carbocycles. The zero-order valence-electron chi connectivity index (χ0n) is 12.4. The van der Waals surface area contributed by atoms with Gasteiger partial charge in [0.15, 0.2) is 11.6 Å². The number of carbonyl (C=O) groups excluding carboxylic acids is 1. The number of nitrogens with one attached hydrogen (secondary N) is 1. The van der Waals surface area contributed by atoms with E-state index >= 15 is 0 Å². The monoisotopic (exact) mass is 318 g/mol. The summed E-state index contributed by atoms with van der Waals surface area (Å²) in [6.07, 6.45) is 0. The van der Waals surface area contributed by atoms with Crippen LogP contribution in [0.1, 0.15) is 22.3 Å². The minimum atomic E-state index is -0.896. The number of amides is 2. The number of halogens is 2. The Balaban J connectivity index is 1.61. The molecule has 0 atom stereocenters. The van der Waals surface area contributed by atoms with Crippen molar-refractivity contribution in [1.82, 2.24) is 10.2 Å². The highest BCUT2D eigenvalue weighted by Crippen LogP contribution is 2.25. The maximum Gasteiger partial charge on any atom is 0.318 e.